The molecule has 1 atom stereocenters. The lowest BCUT2D eigenvalue weighted by atomic mass is 9.90. The maximum atomic E-state index is 5.55. The third-order valence-corrected chi connectivity index (χ3v) is 3.32. The number of nitrogens with two attached hydrogens (primary N) is 1. The fourth-order valence-corrected chi connectivity index (χ4v) is 1.99. The Hall–Kier alpha value is -0.0800. The topological polar surface area (TPSA) is 29.3 Å². The van der Waals surface area contributed by atoms with Crippen LogP contribution in [0, 0.1) is 0 Å². The molecule has 0 aromatic heterocycles. The molecule has 0 aromatic carbocycles. The fourth-order valence-electron chi connectivity index (χ4n) is 1.99. The zero-order valence-electron chi connectivity index (χ0n) is 9.13. The minimum Gasteiger partial charge on any atom is -0.330 e. The third kappa shape index (κ3) is 2.96. The second-order valence-corrected chi connectivity index (χ2v) is 4.22. The lowest BCUT2D eigenvalue weighted by Crippen LogP contribution is -2.46. The van der Waals surface area contributed by atoms with Crippen LogP contribution in [0.4, 0.5) is 0 Å². The Labute approximate surface area is 82.5 Å². The van der Waals surface area contributed by atoms with Crippen LogP contribution in [0.1, 0.15) is 46.0 Å². The smallest absolute Gasteiger partial charge is 0.00981 e. The molecule has 1 aliphatic carbocycles. The number of rotatable bonds is 6. The maximum Gasteiger partial charge on any atom is 0.00981 e. The summed E-state index contributed by atoms with van der Waals surface area (Å²) < 4.78 is 0. The molecular weight excluding hydrogens is 160 g/mol. The van der Waals surface area contributed by atoms with Gasteiger partial charge in [-0.05, 0) is 45.7 Å². The summed E-state index contributed by atoms with van der Waals surface area (Å²) in [4.78, 5) is 2.66. The molecule has 0 amide bonds. The molecule has 2 nitrogen and oxygen atoms in total. The number of nitrogens with zero attached hydrogens (tertiary/aromatic N) is 1. The standard InChI is InChI=1S/C11H24N2/c1-3-10(2)13(9-5-8-12)11-6-4-7-11/h10-11H,3-9,12H2,1-2H3. The second kappa shape index (κ2) is 5.61. The van der Waals surface area contributed by atoms with E-state index < -0.39 is 0 Å². The van der Waals surface area contributed by atoms with E-state index in [0.717, 1.165) is 25.0 Å². The molecule has 2 N–H and O–H groups in total. The van der Waals surface area contributed by atoms with E-state index in [4.69, 9.17) is 5.73 Å². The van der Waals surface area contributed by atoms with Crippen LogP contribution in [0.15, 0.2) is 0 Å². The average Bonchev–Trinajstić information content (AvgIpc) is 2.07. The molecule has 0 radical (unpaired) electrons. The van der Waals surface area contributed by atoms with Gasteiger partial charge < -0.3 is 5.73 Å². The Morgan fingerprint density at radius 3 is 2.54 bits per heavy atom. The van der Waals surface area contributed by atoms with Gasteiger partial charge in [0.25, 0.3) is 0 Å². The lowest BCUT2D eigenvalue weighted by Gasteiger charge is -2.41. The Kier molecular flexibility index (Phi) is 4.74. The molecule has 1 rings (SSSR count). The van der Waals surface area contributed by atoms with Gasteiger partial charge in [-0.2, -0.15) is 0 Å². The molecule has 0 spiro atoms. The zero-order chi connectivity index (χ0) is 9.68. The summed E-state index contributed by atoms with van der Waals surface area (Å²) in [5.41, 5.74) is 5.55. The molecule has 0 saturated heterocycles. The molecule has 2 heteroatoms. The summed E-state index contributed by atoms with van der Waals surface area (Å²) in [5, 5.41) is 0. The molecule has 1 saturated carbocycles. The number of hydrogen-bond donors (Lipinski definition) is 1. The molecule has 0 bridgehead atoms. The number of hydrogen-bond acceptors (Lipinski definition) is 2. The van der Waals surface area contributed by atoms with E-state index in [9.17, 15) is 0 Å². The molecule has 0 heterocycles. The van der Waals surface area contributed by atoms with Crippen LogP contribution in [0.3, 0.4) is 0 Å². The van der Waals surface area contributed by atoms with E-state index in [0.29, 0.717) is 0 Å². The highest BCUT2D eigenvalue weighted by Crippen LogP contribution is 2.27. The molecule has 0 aromatic rings. The molecule has 1 fully saturated rings. The van der Waals surface area contributed by atoms with Gasteiger partial charge in [0.05, 0.1) is 0 Å². The van der Waals surface area contributed by atoms with Crippen molar-refractivity contribution in [2.24, 2.45) is 5.73 Å². The Balaban J connectivity index is 2.33. The van der Waals surface area contributed by atoms with Crippen LogP contribution >= 0.6 is 0 Å². The van der Waals surface area contributed by atoms with Crippen molar-refractivity contribution in [1.82, 2.24) is 4.90 Å². The predicted molar refractivity (Wildman–Crippen MR) is 57.8 cm³/mol. The van der Waals surface area contributed by atoms with E-state index in [1.165, 1.54) is 32.2 Å². The Morgan fingerprint density at radius 1 is 1.46 bits per heavy atom. The zero-order valence-corrected chi connectivity index (χ0v) is 9.13. The van der Waals surface area contributed by atoms with Crippen molar-refractivity contribution >= 4 is 0 Å². The highest BCUT2D eigenvalue weighted by Gasteiger charge is 2.26. The van der Waals surface area contributed by atoms with Crippen LogP contribution in [0.25, 0.3) is 0 Å². The van der Waals surface area contributed by atoms with E-state index in [1.807, 2.05) is 0 Å². The fraction of sp³-hybridized carbons (Fsp3) is 1.00. The lowest BCUT2D eigenvalue weighted by molar-refractivity contribution is 0.0842. The second-order valence-electron chi connectivity index (χ2n) is 4.22. The van der Waals surface area contributed by atoms with Crippen molar-refractivity contribution in [3.05, 3.63) is 0 Å². The third-order valence-electron chi connectivity index (χ3n) is 3.32. The minimum absolute atomic E-state index is 0.747. The highest BCUT2D eigenvalue weighted by molar-refractivity contribution is 4.82. The molecule has 1 aliphatic rings. The van der Waals surface area contributed by atoms with Gasteiger partial charge in [0.2, 0.25) is 0 Å². The largest absolute Gasteiger partial charge is 0.330 e. The molecule has 1 unspecified atom stereocenters. The van der Waals surface area contributed by atoms with Crippen molar-refractivity contribution in [2.45, 2.75) is 58.0 Å². The van der Waals surface area contributed by atoms with Crippen molar-refractivity contribution < 1.29 is 0 Å². The summed E-state index contributed by atoms with van der Waals surface area (Å²) in [7, 11) is 0. The van der Waals surface area contributed by atoms with Gasteiger partial charge in [-0.25, -0.2) is 0 Å². The quantitative estimate of drug-likeness (QED) is 0.684. The van der Waals surface area contributed by atoms with E-state index in [2.05, 4.69) is 18.7 Å². The van der Waals surface area contributed by atoms with Gasteiger partial charge in [-0.3, -0.25) is 4.90 Å². The average molecular weight is 184 g/mol. The SMILES string of the molecule is CCC(C)N(CCCN)C1CCC1. The first-order valence-electron chi connectivity index (χ1n) is 5.75. The summed E-state index contributed by atoms with van der Waals surface area (Å²) in [5.74, 6) is 0. The summed E-state index contributed by atoms with van der Waals surface area (Å²) in [6, 6.07) is 1.62. The first-order chi connectivity index (χ1) is 6.29. The van der Waals surface area contributed by atoms with Crippen LogP contribution in [0.2, 0.25) is 0 Å². The monoisotopic (exact) mass is 184 g/mol. The van der Waals surface area contributed by atoms with E-state index >= 15 is 0 Å². The van der Waals surface area contributed by atoms with Gasteiger partial charge in [-0.15, -0.1) is 0 Å². The molecule has 13 heavy (non-hydrogen) atoms. The van der Waals surface area contributed by atoms with Crippen LogP contribution in [0.5, 0.6) is 0 Å². The normalized spacial score (nSPS) is 20.3. The first kappa shape index (κ1) is 11.0. The van der Waals surface area contributed by atoms with Crippen LogP contribution in [-0.4, -0.2) is 30.1 Å². The van der Waals surface area contributed by atoms with Crippen LogP contribution < -0.4 is 5.73 Å². The summed E-state index contributed by atoms with van der Waals surface area (Å²) in [6.07, 6.45) is 6.67. The highest BCUT2D eigenvalue weighted by atomic mass is 15.2. The Bertz CT molecular complexity index is 127. The Morgan fingerprint density at radius 2 is 2.15 bits per heavy atom. The van der Waals surface area contributed by atoms with Crippen molar-refractivity contribution in [1.29, 1.82) is 0 Å². The van der Waals surface area contributed by atoms with Gasteiger partial charge in [0, 0.05) is 12.1 Å². The maximum absolute atomic E-state index is 5.55. The first-order valence-corrected chi connectivity index (χ1v) is 5.75. The molecular formula is C11H24N2. The van der Waals surface area contributed by atoms with Gasteiger partial charge >= 0.3 is 0 Å². The summed E-state index contributed by atoms with van der Waals surface area (Å²) in [6.45, 7) is 6.66. The van der Waals surface area contributed by atoms with E-state index in [-0.39, 0.29) is 0 Å². The van der Waals surface area contributed by atoms with Crippen molar-refractivity contribution in [3.63, 3.8) is 0 Å². The molecule has 0 aliphatic heterocycles. The van der Waals surface area contributed by atoms with Gasteiger partial charge in [-0.1, -0.05) is 13.3 Å². The van der Waals surface area contributed by atoms with Crippen molar-refractivity contribution in [2.75, 3.05) is 13.1 Å². The molecule has 78 valence electrons. The van der Waals surface area contributed by atoms with Crippen LogP contribution in [-0.2, 0) is 0 Å². The summed E-state index contributed by atoms with van der Waals surface area (Å²) >= 11 is 0. The van der Waals surface area contributed by atoms with E-state index in [1.54, 1.807) is 0 Å². The minimum atomic E-state index is 0.747. The van der Waals surface area contributed by atoms with Gasteiger partial charge in [0.15, 0.2) is 0 Å². The van der Waals surface area contributed by atoms with Gasteiger partial charge in [0.1, 0.15) is 0 Å². The van der Waals surface area contributed by atoms with Crippen molar-refractivity contribution in [3.8, 4) is 0 Å². The predicted octanol–water partition coefficient (Wildman–Crippen LogP) is 1.99.